The van der Waals surface area contributed by atoms with Crippen LogP contribution in [-0.4, -0.2) is 50.5 Å². The minimum absolute atomic E-state index is 0.140. The highest BCUT2D eigenvalue weighted by Crippen LogP contribution is 2.22. The van der Waals surface area contributed by atoms with Crippen molar-refractivity contribution in [1.29, 1.82) is 0 Å². The van der Waals surface area contributed by atoms with Gasteiger partial charge in [0.25, 0.3) is 0 Å². The van der Waals surface area contributed by atoms with Crippen molar-refractivity contribution >= 4 is 27.5 Å². The van der Waals surface area contributed by atoms with E-state index in [2.05, 4.69) is 5.32 Å². The molecule has 0 spiro atoms. The fraction of sp³-hybridized carbons (Fsp3) is 0.481. The van der Waals surface area contributed by atoms with Crippen molar-refractivity contribution in [1.82, 2.24) is 10.2 Å². The van der Waals surface area contributed by atoms with Crippen molar-refractivity contribution in [3.8, 4) is 0 Å². The lowest BCUT2D eigenvalue weighted by atomic mass is 10.1. The minimum atomic E-state index is -3.52. The van der Waals surface area contributed by atoms with E-state index in [-0.39, 0.29) is 24.8 Å². The Kier molecular flexibility index (Phi) is 10.8. The van der Waals surface area contributed by atoms with Crippen LogP contribution >= 0.6 is 0 Å². The van der Waals surface area contributed by atoms with Gasteiger partial charge in [-0.3, -0.25) is 13.9 Å². The van der Waals surface area contributed by atoms with E-state index >= 15 is 0 Å². The van der Waals surface area contributed by atoms with Crippen LogP contribution < -0.4 is 9.62 Å². The largest absolute Gasteiger partial charge is 0.354 e. The summed E-state index contributed by atoms with van der Waals surface area (Å²) in [7, 11) is -3.52. The molecule has 2 aromatic rings. The minimum Gasteiger partial charge on any atom is -0.354 e. The van der Waals surface area contributed by atoms with E-state index < -0.39 is 16.1 Å². The summed E-state index contributed by atoms with van der Waals surface area (Å²) in [4.78, 5) is 27.8. The lowest BCUT2D eigenvalue weighted by Gasteiger charge is -2.31. The summed E-state index contributed by atoms with van der Waals surface area (Å²) in [5.74, 6) is -0.326. The molecular formula is C27H39N3O4S. The van der Waals surface area contributed by atoms with Crippen LogP contribution in [0.15, 0.2) is 48.5 Å². The highest BCUT2D eigenvalue weighted by molar-refractivity contribution is 7.92. The Bertz CT molecular complexity index is 1070. The lowest BCUT2D eigenvalue weighted by Crippen LogP contribution is -2.49. The van der Waals surface area contributed by atoms with Gasteiger partial charge < -0.3 is 10.2 Å². The smallest absolute Gasteiger partial charge is 0.242 e. The summed E-state index contributed by atoms with van der Waals surface area (Å²) in [5, 5.41) is 2.91. The average molecular weight is 502 g/mol. The maximum atomic E-state index is 13.4. The molecule has 0 aliphatic carbocycles. The van der Waals surface area contributed by atoms with Crippen LogP contribution in [0, 0.1) is 13.8 Å². The monoisotopic (exact) mass is 501 g/mol. The molecule has 0 heterocycles. The van der Waals surface area contributed by atoms with Crippen molar-refractivity contribution in [3.63, 3.8) is 0 Å². The van der Waals surface area contributed by atoms with Gasteiger partial charge in [-0.15, -0.1) is 0 Å². The zero-order valence-electron chi connectivity index (χ0n) is 21.6. The number of nitrogens with one attached hydrogen (secondary N) is 1. The molecule has 35 heavy (non-hydrogen) atoms. The molecule has 1 N–H and O–H groups in total. The van der Waals surface area contributed by atoms with Gasteiger partial charge in [-0.2, -0.15) is 0 Å². The van der Waals surface area contributed by atoms with Gasteiger partial charge in [0, 0.05) is 26.1 Å². The molecule has 0 aromatic heterocycles. The molecule has 1 unspecified atom stereocenters. The van der Waals surface area contributed by atoms with E-state index in [1.165, 1.54) is 10.6 Å². The Morgan fingerprint density at radius 1 is 1.00 bits per heavy atom. The molecule has 2 aromatic carbocycles. The molecule has 0 fully saturated rings. The van der Waals surface area contributed by atoms with Gasteiger partial charge in [-0.05, 0) is 61.9 Å². The Hall–Kier alpha value is -2.87. The standard InChI is InChI=1S/C27H39N3O4S/c1-6-15-28-27(32)25(7-2)29(20-23-12-9-8-10-13-23)26(31)14-11-16-30(35(5,33)34)24-18-21(3)17-22(4)19-24/h8-10,12-13,17-19,25H,6-7,11,14-16,20H2,1-5H3,(H,28,32). The number of rotatable bonds is 13. The molecule has 0 bridgehead atoms. The fourth-order valence-electron chi connectivity index (χ4n) is 4.16. The maximum absolute atomic E-state index is 13.4. The molecule has 2 amide bonds. The van der Waals surface area contributed by atoms with Crippen molar-refractivity contribution < 1.29 is 18.0 Å². The van der Waals surface area contributed by atoms with Gasteiger partial charge in [-0.1, -0.05) is 50.2 Å². The number of benzene rings is 2. The number of hydrogen-bond donors (Lipinski definition) is 1. The molecule has 0 aliphatic rings. The Balaban J connectivity index is 2.20. The highest BCUT2D eigenvalue weighted by atomic mass is 32.2. The van der Waals surface area contributed by atoms with Crippen LogP contribution in [0.25, 0.3) is 0 Å². The van der Waals surface area contributed by atoms with Gasteiger partial charge in [0.1, 0.15) is 6.04 Å². The van der Waals surface area contributed by atoms with Gasteiger partial charge in [0.05, 0.1) is 11.9 Å². The average Bonchev–Trinajstić information content (AvgIpc) is 2.79. The summed E-state index contributed by atoms with van der Waals surface area (Å²) in [5.41, 5.74) is 3.49. The van der Waals surface area contributed by atoms with E-state index in [0.717, 1.165) is 23.1 Å². The highest BCUT2D eigenvalue weighted by Gasteiger charge is 2.28. The molecule has 0 saturated carbocycles. The van der Waals surface area contributed by atoms with E-state index in [4.69, 9.17) is 0 Å². The maximum Gasteiger partial charge on any atom is 0.242 e. The summed E-state index contributed by atoms with van der Waals surface area (Å²) < 4.78 is 26.4. The van der Waals surface area contributed by atoms with Crippen molar-refractivity contribution in [2.75, 3.05) is 23.7 Å². The van der Waals surface area contributed by atoms with Gasteiger partial charge in [-0.25, -0.2) is 8.42 Å². The predicted octanol–water partition coefficient (Wildman–Crippen LogP) is 4.18. The number of carbonyl (C=O) groups excluding carboxylic acids is 2. The van der Waals surface area contributed by atoms with Gasteiger partial charge >= 0.3 is 0 Å². The quantitative estimate of drug-likeness (QED) is 0.446. The lowest BCUT2D eigenvalue weighted by molar-refractivity contribution is -0.141. The Morgan fingerprint density at radius 3 is 2.17 bits per heavy atom. The third-order valence-electron chi connectivity index (χ3n) is 5.78. The summed E-state index contributed by atoms with van der Waals surface area (Å²) in [6.45, 7) is 8.80. The predicted molar refractivity (Wildman–Crippen MR) is 142 cm³/mol. The van der Waals surface area contributed by atoms with E-state index in [1.807, 2.05) is 76.2 Å². The molecule has 0 aliphatic heterocycles. The van der Waals surface area contributed by atoms with Crippen molar-refractivity contribution in [2.24, 2.45) is 0 Å². The van der Waals surface area contributed by atoms with Crippen LogP contribution in [0.1, 0.15) is 56.2 Å². The summed E-state index contributed by atoms with van der Waals surface area (Å²) >= 11 is 0. The zero-order valence-corrected chi connectivity index (χ0v) is 22.4. The molecule has 7 nitrogen and oxygen atoms in total. The second-order valence-corrected chi connectivity index (χ2v) is 10.9. The third-order valence-corrected chi connectivity index (χ3v) is 6.97. The molecule has 1 atom stereocenters. The first-order chi connectivity index (χ1) is 16.6. The van der Waals surface area contributed by atoms with Crippen molar-refractivity contribution in [2.45, 2.75) is 66.0 Å². The van der Waals surface area contributed by atoms with Crippen LogP contribution in [0.5, 0.6) is 0 Å². The fourth-order valence-corrected chi connectivity index (χ4v) is 5.11. The van der Waals surface area contributed by atoms with Gasteiger partial charge in [0.2, 0.25) is 21.8 Å². The first-order valence-electron chi connectivity index (χ1n) is 12.2. The molecule has 192 valence electrons. The number of carbonyl (C=O) groups is 2. The zero-order chi connectivity index (χ0) is 26.0. The second kappa shape index (κ2) is 13.3. The number of anilines is 1. The first-order valence-corrected chi connectivity index (χ1v) is 14.1. The normalized spacial score (nSPS) is 12.1. The van der Waals surface area contributed by atoms with Crippen LogP contribution in [0.3, 0.4) is 0 Å². The molecule has 8 heteroatoms. The first kappa shape index (κ1) is 28.4. The van der Waals surface area contributed by atoms with E-state index in [9.17, 15) is 18.0 Å². The topological polar surface area (TPSA) is 86.8 Å². The SMILES string of the molecule is CCCNC(=O)C(CC)N(Cc1ccccc1)C(=O)CCCN(c1cc(C)cc(C)c1)S(C)(=O)=O. The molecule has 0 radical (unpaired) electrons. The number of nitrogens with zero attached hydrogens (tertiary/aromatic N) is 2. The van der Waals surface area contributed by atoms with E-state index in [1.54, 1.807) is 4.90 Å². The number of amides is 2. The van der Waals surface area contributed by atoms with Crippen LogP contribution in [0.4, 0.5) is 5.69 Å². The summed E-state index contributed by atoms with van der Waals surface area (Å²) in [6, 6.07) is 14.7. The summed E-state index contributed by atoms with van der Waals surface area (Å²) in [6.07, 6.45) is 2.97. The molecule has 0 saturated heterocycles. The number of hydrogen-bond acceptors (Lipinski definition) is 4. The van der Waals surface area contributed by atoms with E-state index in [0.29, 0.717) is 31.6 Å². The molecule has 2 rings (SSSR count). The molecular weight excluding hydrogens is 462 g/mol. The number of sulfonamides is 1. The van der Waals surface area contributed by atoms with Crippen LogP contribution in [0.2, 0.25) is 0 Å². The Morgan fingerprint density at radius 2 is 1.63 bits per heavy atom. The third kappa shape index (κ3) is 8.69. The second-order valence-electron chi connectivity index (χ2n) is 9.01. The van der Waals surface area contributed by atoms with Crippen LogP contribution in [-0.2, 0) is 26.2 Å². The Labute approximate surface area is 210 Å². The number of aryl methyl sites for hydroxylation is 2. The van der Waals surface area contributed by atoms with Crippen molar-refractivity contribution in [3.05, 3.63) is 65.2 Å². The van der Waals surface area contributed by atoms with Gasteiger partial charge in [0.15, 0.2) is 0 Å².